The van der Waals surface area contributed by atoms with Gasteiger partial charge in [-0.05, 0) is 63.0 Å². The maximum Gasteiger partial charge on any atom is 0.125 e. The molecule has 1 aliphatic heterocycles. The van der Waals surface area contributed by atoms with Crippen LogP contribution in [0.4, 0.5) is 0 Å². The minimum atomic E-state index is -1.16. The summed E-state index contributed by atoms with van der Waals surface area (Å²) in [7, 11) is -1.16. The van der Waals surface area contributed by atoms with Crippen molar-refractivity contribution in [2.24, 2.45) is 16.8 Å². The van der Waals surface area contributed by atoms with Crippen LogP contribution in [0.3, 0.4) is 0 Å². The van der Waals surface area contributed by atoms with Gasteiger partial charge in [-0.15, -0.1) is 0 Å². The molecule has 1 heterocycles. The summed E-state index contributed by atoms with van der Waals surface area (Å²) in [6, 6.07) is 10.3. The molecule has 2 aliphatic rings. The Morgan fingerprint density at radius 3 is 2.64 bits per heavy atom. The molecule has 0 saturated heterocycles. The van der Waals surface area contributed by atoms with Gasteiger partial charge in [-0.2, -0.15) is 0 Å². The van der Waals surface area contributed by atoms with E-state index in [1.165, 1.54) is 31.4 Å². The molecular formula is C18H26N2OS. The summed E-state index contributed by atoms with van der Waals surface area (Å²) >= 11 is 0. The van der Waals surface area contributed by atoms with Gasteiger partial charge in [0.1, 0.15) is 11.0 Å². The molecule has 3 rings (SSSR count). The largest absolute Gasteiger partial charge is 0.289 e. The highest BCUT2D eigenvalue weighted by molar-refractivity contribution is 7.83. The van der Waals surface area contributed by atoms with Crippen LogP contribution in [-0.4, -0.2) is 22.0 Å². The minimum absolute atomic E-state index is 0.165. The van der Waals surface area contributed by atoms with Gasteiger partial charge in [0, 0.05) is 11.8 Å². The van der Waals surface area contributed by atoms with Gasteiger partial charge in [-0.3, -0.25) is 4.99 Å². The lowest BCUT2D eigenvalue weighted by Gasteiger charge is -2.30. The molecule has 1 N–H and O–H groups in total. The predicted molar refractivity (Wildman–Crippen MR) is 92.4 cm³/mol. The number of nitrogens with one attached hydrogen (secondary N) is 1. The zero-order valence-corrected chi connectivity index (χ0v) is 14.3. The van der Waals surface area contributed by atoms with E-state index in [9.17, 15) is 4.21 Å². The van der Waals surface area contributed by atoms with E-state index in [1.807, 2.05) is 30.3 Å². The second-order valence-electron chi connectivity index (χ2n) is 6.85. The fourth-order valence-electron chi connectivity index (χ4n) is 3.69. The van der Waals surface area contributed by atoms with E-state index in [-0.39, 0.29) is 6.04 Å². The normalized spacial score (nSPS) is 33.5. The van der Waals surface area contributed by atoms with Crippen molar-refractivity contribution >= 4 is 16.7 Å². The first kappa shape index (κ1) is 15.9. The maximum atomic E-state index is 12.6. The molecule has 1 aromatic rings. The number of benzene rings is 1. The van der Waals surface area contributed by atoms with Gasteiger partial charge in [-0.25, -0.2) is 8.93 Å². The van der Waals surface area contributed by atoms with E-state index < -0.39 is 11.0 Å². The molecule has 1 saturated carbocycles. The zero-order chi connectivity index (χ0) is 15.5. The first-order valence-corrected chi connectivity index (χ1v) is 9.59. The lowest BCUT2D eigenvalue weighted by molar-refractivity contribution is 0.408. The van der Waals surface area contributed by atoms with Gasteiger partial charge in [-0.1, -0.05) is 25.1 Å². The highest BCUT2D eigenvalue weighted by Crippen LogP contribution is 2.33. The Morgan fingerprint density at radius 2 is 1.86 bits per heavy atom. The van der Waals surface area contributed by atoms with Crippen LogP contribution in [-0.2, 0) is 11.0 Å². The fraction of sp³-hybridized carbons (Fsp3) is 0.611. The van der Waals surface area contributed by atoms with Crippen molar-refractivity contribution in [1.82, 2.24) is 4.72 Å². The van der Waals surface area contributed by atoms with E-state index in [1.54, 1.807) is 0 Å². The molecule has 22 heavy (non-hydrogen) atoms. The highest BCUT2D eigenvalue weighted by atomic mass is 32.2. The second-order valence-corrected chi connectivity index (χ2v) is 8.09. The smallest absolute Gasteiger partial charge is 0.125 e. The summed E-state index contributed by atoms with van der Waals surface area (Å²) in [5.41, 5.74) is 1.28. The Morgan fingerprint density at radius 1 is 1.09 bits per heavy atom. The SMILES string of the molecule is CC1CCC(NS(=O)c2ccccc2)C2=NC(C)CCC2C1. The number of rotatable bonds is 3. The topological polar surface area (TPSA) is 41.5 Å². The average Bonchev–Trinajstić information content (AvgIpc) is 2.68. The van der Waals surface area contributed by atoms with Gasteiger partial charge in [0.15, 0.2) is 0 Å². The Hall–Kier alpha value is -1.00. The number of nitrogens with zero attached hydrogens (tertiary/aromatic N) is 1. The first-order valence-electron chi connectivity index (χ1n) is 8.44. The molecule has 5 unspecified atom stereocenters. The predicted octanol–water partition coefficient (Wildman–Crippen LogP) is 3.73. The number of hydrogen-bond donors (Lipinski definition) is 1. The second kappa shape index (κ2) is 7.05. The van der Waals surface area contributed by atoms with E-state index in [2.05, 4.69) is 18.6 Å². The molecule has 5 atom stereocenters. The van der Waals surface area contributed by atoms with Crippen molar-refractivity contribution in [3.8, 4) is 0 Å². The van der Waals surface area contributed by atoms with Crippen LogP contribution in [0.1, 0.15) is 46.0 Å². The molecule has 0 bridgehead atoms. The van der Waals surface area contributed by atoms with Crippen molar-refractivity contribution in [3.63, 3.8) is 0 Å². The van der Waals surface area contributed by atoms with Crippen LogP contribution in [0.15, 0.2) is 40.2 Å². The van der Waals surface area contributed by atoms with E-state index in [0.717, 1.165) is 17.2 Å². The van der Waals surface area contributed by atoms with Crippen LogP contribution >= 0.6 is 0 Å². The summed E-state index contributed by atoms with van der Waals surface area (Å²) in [4.78, 5) is 5.79. The number of hydrogen-bond acceptors (Lipinski definition) is 2. The monoisotopic (exact) mass is 318 g/mol. The van der Waals surface area contributed by atoms with Gasteiger partial charge in [0.25, 0.3) is 0 Å². The summed E-state index contributed by atoms with van der Waals surface area (Å²) in [5, 5.41) is 0. The molecule has 0 spiro atoms. The van der Waals surface area contributed by atoms with Crippen LogP contribution in [0.2, 0.25) is 0 Å². The molecule has 1 aromatic carbocycles. The van der Waals surface area contributed by atoms with Crippen molar-refractivity contribution in [2.45, 2.75) is 62.9 Å². The fourth-order valence-corrected chi connectivity index (χ4v) is 4.73. The van der Waals surface area contributed by atoms with Crippen LogP contribution < -0.4 is 4.72 Å². The molecule has 1 aliphatic carbocycles. The third-order valence-electron chi connectivity index (χ3n) is 4.92. The van der Waals surface area contributed by atoms with Gasteiger partial charge in [0.2, 0.25) is 0 Å². The van der Waals surface area contributed by atoms with Crippen molar-refractivity contribution < 1.29 is 4.21 Å². The van der Waals surface area contributed by atoms with E-state index >= 15 is 0 Å². The molecular weight excluding hydrogens is 292 g/mol. The molecule has 4 heteroatoms. The summed E-state index contributed by atoms with van der Waals surface area (Å²) in [6.07, 6.45) is 5.90. The lowest BCUT2D eigenvalue weighted by atomic mass is 9.85. The average molecular weight is 318 g/mol. The molecule has 120 valence electrons. The molecule has 3 nitrogen and oxygen atoms in total. The Bertz CT molecular complexity index is 557. The van der Waals surface area contributed by atoms with Crippen molar-refractivity contribution in [3.05, 3.63) is 30.3 Å². The van der Waals surface area contributed by atoms with Crippen LogP contribution in [0.25, 0.3) is 0 Å². The van der Waals surface area contributed by atoms with Crippen LogP contribution in [0, 0.1) is 11.8 Å². The highest BCUT2D eigenvalue weighted by Gasteiger charge is 2.33. The number of aliphatic imine (C=N–C) groups is 1. The van der Waals surface area contributed by atoms with Gasteiger partial charge >= 0.3 is 0 Å². The van der Waals surface area contributed by atoms with Gasteiger partial charge in [0.05, 0.1) is 10.9 Å². The molecule has 1 fully saturated rings. The third kappa shape index (κ3) is 3.66. The molecule has 0 amide bonds. The van der Waals surface area contributed by atoms with Crippen molar-refractivity contribution in [1.29, 1.82) is 0 Å². The van der Waals surface area contributed by atoms with E-state index in [4.69, 9.17) is 4.99 Å². The van der Waals surface area contributed by atoms with Gasteiger partial charge < -0.3 is 0 Å². The summed E-state index contributed by atoms with van der Waals surface area (Å²) in [6.45, 7) is 4.54. The Labute approximate surface area is 136 Å². The Balaban J connectivity index is 1.79. The van der Waals surface area contributed by atoms with E-state index in [0.29, 0.717) is 12.0 Å². The Kier molecular flexibility index (Phi) is 5.09. The molecule has 0 aromatic heterocycles. The zero-order valence-electron chi connectivity index (χ0n) is 13.5. The summed E-state index contributed by atoms with van der Waals surface area (Å²) in [5.74, 6) is 1.32. The molecule has 0 radical (unpaired) electrons. The van der Waals surface area contributed by atoms with Crippen molar-refractivity contribution in [2.75, 3.05) is 0 Å². The minimum Gasteiger partial charge on any atom is -0.289 e. The standard InChI is InChI=1S/C18H26N2OS/c1-13-8-11-17(18-15(12-13)10-9-14(2)19-18)20-22(21)16-6-4-3-5-7-16/h3-7,13-15,17,20H,8-12H2,1-2H3. The maximum absolute atomic E-state index is 12.6. The number of fused-ring (bicyclic) bond motifs is 1. The first-order chi connectivity index (χ1) is 10.6. The third-order valence-corrected chi connectivity index (χ3v) is 6.12. The summed E-state index contributed by atoms with van der Waals surface area (Å²) < 4.78 is 16.0. The van der Waals surface area contributed by atoms with Crippen LogP contribution in [0.5, 0.6) is 0 Å². The quantitative estimate of drug-likeness (QED) is 0.906. The lowest BCUT2D eigenvalue weighted by Crippen LogP contribution is -2.42.